The minimum absolute atomic E-state index is 0.0797. The van der Waals surface area contributed by atoms with Crippen molar-refractivity contribution in [3.8, 4) is 0 Å². The van der Waals surface area contributed by atoms with E-state index in [4.69, 9.17) is 4.74 Å². The van der Waals surface area contributed by atoms with E-state index in [1.54, 1.807) is 18.2 Å². The van der Waals surface area contributed by atoms with E-state index < -0.39 is 0 Å². The largest absolute Gasteiger partial charge is 0.374 e. The van der Waals surface area contributed by atoms with Gasteiger partial charge in [-0.1, -0.05) is 18.2 Å². The Morgan fingerprint density at radius 3 is 2.64 bits per heavy atom. The molecule has 0 unspecified atom stereocenters. The molecule has 0 spiro atoms. The van der Waals surface area contributed by atoms with Crippen molar-refractivity contribution in [2.75, 3.05) is 19.7 Å². The molecule has 1 aromatic carbocycles. The van der Waals surface area contributed by atoms with Crippen LogP contribution in [0.4, 0.5) is 4.39 Å². The van der Waals surface area contributed by atoms with Crippen LogP contribution in [0.2, 0.25) is 0 Å². The highest BCUT2D eigenvalue weighted by Crippen LogP contribution is 2.48. The SMILES string of the molecule is C=CCOC1CCN(C(=O)[C@H]2C[C@H]2c2ccc(F)cc2)CC1. The summed E-state index contributed by atoms with van der Waals surface area (Å²) in [6.07, 6.45) is 4.68. The molecule has 2 aliphatic rings. The lowest BCUT2D eigenvalue weighted by molar-refractivity contribution is -0.135. The maximum atomic E-state index is 12.9. The van der Waals surface area contributed by atoms with Gasteiger partial charge in [-0.15, -0.1) is 6.58 Å². The normalized spacial score (nSPS) is 25.0. The first-order chi connectivity index (χ1) is 10.7. The predicted molar refractivity (Wildman–Crippen MR) is 83.0 cm³/mol. The predicted octanol–water partition coefficient (Wildman–Crippen LogP) is 3.12. The molecule has 0 N–H and O–H groups in total. The third-order valence-corrected chi connectivity index (χ3v) is 4.61. The number of halogens is 1. The van der Waals surface area contributed by atoms with Crippen LogP contribution in [0.1, 0.15) is 30.7 Å². The maximum Gasteiger partial charge on any atom is 0.226 e. The third-order valence-electron chi connectivity index (χ3n) is 4.61. The van der Waals surface area contributed by atoms with Crippen molar-refractivity contribution in [3.05, 3.63) is 48.3 Å². The Kier molecular flexibility index (Phi) is 4.57. The highest BCUT2D eigenvalue weighted by molar-refractivity contribution is 5.83. The molecule has 1 aliphatic heterocycles. The number of hydrogen-bond donors (Lipinski definition) is 0. The number of carbonyl (C=O) groups is 1. The molecule has 1 saturated carbocycles. The molecular formula is C18H22FNO2. The molecule has 22 heavy (non-hydrogen) atoms. The maximum absolute atomic E-state index is 12.9. The topological polar surface area (TPSA) is 29.5 Å². The van der Waals surface area contributed by atoms with Gasteiger partial charge in [0.15, 0.2) is 0 Å². The van der Waals surface area contributed by atoms with E-state index in [1.807, 2.05) is 4.90 Å². The van der Waals surface area contributed by atoms with E-state index >= 15 is 0 Å². The van der Waals surface area contributed by atoms with Crippen LogP contribution in [-0.2, 0) is 9.53 Å². The standard InChI is InChI=1S/C18H22FNO2/c1-2-11-22-15-7-9-20(10-8-15)18(21)17-12-16(17)13-3-5-14(19)6-4-13/h2-6,15-17H,1,7-12H2/t16-,17-/m0/s1. The molecule has 4 heteroatoms. The van der Waals surface area contributed by atoms with Gasteiger partial charge in [0.1, 0.15) is 5.82 Å². The van der Waals surface area contributed by atoms with Crippen molar-refractivity contribution in [1.82, 2.24) is 4.90 Å². The van der Waals surface area contributed by atoms with E-state index in [0.29, 0.717) is 6.61 Å². The lowest BCUT2D eigenvalue weighted by atomic mass is 10.1. The van der Waals surface area contributed by atoms with Crippen LogP contribution < -0.4 is 0 Å². The number of benzene rings is 1. The molecule has 118 valence electrons. The second kappa shape index (κ2) is 6.61. The van der Waals surface area contributed by atoms with Gasteiger partial charge in [-0.3, -0.25) is 4.79 Å². The minimum Gasteiger partial charge on any atom is -0.374 e. The Labute approximate surface area is 130 Å². The summed E-state index contributed by atoms with van der Waals surface area (Å²) in [7, 11) is 0. The van der Waals surface area contributed by atoms with Crippen molar-refractivity contribution in [2.24, 2.45) is 5.92 Å². The molecule has 3 rings (SSSR count). The smallest absolute Gasteiger partial charge is 0.226 e. The Bertz CT molecular complexity index is 535. The van der Waals surface area contributed by atoms with E-state index in [2.05, 4.69) is 6.58 Å². The van der Waals surface area contributed by atoms with Crippen LogP contribution in [0.15, 0.2) is 36.9 Å². The number of nitrogens with zero attached hydrogens (tertiary/aromatic N) is 1. The van der Waals surface area contributed by atoms with Crippen LogP contribution in [0, 0.1) is 11.7 Å². The number of likely N-dealkylation sites (tertiary alicyclic amines) is 1. The number of amides is 1. The lowest BCUT2D eigenvalue weighted by Gasteiger charge is -2.32. The summed E-state index contributed by atoms with van der Waals surface area (Å²) in [5, 5.41) is 0. The molecule has 2 atom stereocenters. The van der Waals surface area contributed by atoms with Crippen LogP contribution in [0.3, 0.4) is 0 Å². The number of ether oxygens (including phenoxy) is 1. The van der Waals surface area contributed by atoms with Crippen molar-refractivity contribution < 1.29 is 13.9 Å². The average molecular weight is 303 g/mol. The van der Waals surface area contributed by atoms with Crippen LogP contribution in [0.5, 0.6) is 0 Å². The van der Waals surface area contributed by atoms with Crippen molar-refractivity contribution in [3.63, 3.8) is 0 Å². The fourth-order valence-corrected chi connectivity index (χ4v) is 3.23. The first-order valence-electron chi connectivity index (χ1n) is 7.96. The zero-order chi connectivity index (χ0) is 15.5. The quantitative estimate of drug-likeness (QED) is 0.782. The molecule has 1 aromatic rings. The monoisotopic (exact) mass is 303 g/mol. The lowest BCUT2D eigenvalue weighted by Crippen LogP contribution is -2.41. The van der Waals surface area contributed by atoms with Gasteiger partial charge in [-0.05, 0) is 42.9 Å². The average Bonchev–Trinajstić information content (AvgIpc) is 3.34. The zero-order valence-corrected chi connectivity index (χ0v) is 12.7. The number of piperidine rings is 1. The summed E-state index contributed by atoms with van der Waals surface area (Å²) in [5.41, 5.74) is 1.07. The first kappa shape index (κ1) is 15.2. The third kappa shape index (κ3) is 3.38. The van der Waals surface area contributed by atoms with Crippen molar-refractivity contribution >= 4 is 5.91 Å². The van der Waals surface area contributed by atoms with E-state index in [9.17, 15) is 9.18 Å². The fourth-order valence-electron chi connectivity index (χ4n) is 3.23. The Balaban J connectivity index is 1.49. The highest BCUT2D eigenvalue weighted by Gasteiger charge is 2.46. The van der Waals surface area contributed by atoms with Crippen molar-refractivity contribution in [1.29, 1.82) is 0 Å². The summed E-state index contributed by atoms with van der Waals surface area (Å²) in [6, 6.07) is 6.53. The van der Waals surface area contributed by atoms with Crippen LogP contribution in [0.25, 0.3) is 0 Å². The first-order valence-corrected chi connectivity index (χ1v) is 7.96. The summed E-state index contributed by atoms with van der Waals surface area (Å²) < 4.78 is 18.6. The molecule has 3 nitrogen and oxygen atoms in total. The molecule has 0 aromatic heterocycles. The molecule has 0 radical (unpaired) electrons. The molecule has 1 heterocycles. The van der Waals surface area contributed by atoms with Gasteiger partial charge >= 0.3 is 0 Å². The highest BCUT2D eigenvalue weighted by atomic mass is 19.1. The van der Waals surface area contributed by atoms with Gasteiger partial charge in [0.2, 0.25) is 5.91 Å². The van der Waals surface area contributed by atoms with Gasteiger partial charge in [-0.25, -0.2) is 4.39 Å². The van der Waals surface area contributed by atoms with E-state index in [1.165, 1.54) is 12.1 Å². The molecule has 0 bridgehead atoms. The van der Waals surface area contributed by atoms with Crippen LogP contribution in [-0.4, -0.2) is 36.6 Å². The molecule has 2 fully saturated rings. The minimum atomic E-state index is -0.228. The van der Waals surface area contributed by atoms with Crippen LogP contribution >= 0.6 is 0 Å². The van der Waals surface area contributed by atoms with Gasteiger partial charge < -0.3 is 9.64 Å². The summed E-state index contributed by atoms with van der Waals surface area (Å²) >= 11 is 0. The zero-order valence-electron chi connectivity index (χ0n) is 12.7. The molecule has 1 aliphatic carbocycles. The second-order valence-electron chi connectivity index (χ2n) is 6.15. The van der Waals surface area contributed by atoms with E-state index in [0.717, 1.165) is 37.9 Å². The Morgan fingerprint density at radius 1 is 1.32 bits per heavy atom. The van der Waals surface area contributed by atoms with Crippen molar-refractivity contribution in [2.45, 2.75) is 31.3 Å². The fraction of sp³-hybridized carbons (Fsp3) is 0.500. The second-order valence-corrected chi connectivity index (χ2v) is 6.15. The van der Waals surface area contributed by atoms with Gasteiger partial charge in [0, 0.05) is 19.0 Å². The number of rotatable bonds is 5. The number of hydrogen-bond acceptors (Lipinski definition) is 2. The summed E-state index contributed by atoms with van der Waals surface area (Å²) in [4.78, 5) is 14.5. The van der Waals surface area contributed by atoms with Gasteiger partial charge in [-0.2, -0.15) is 0 Å². The molecule has 1 amide bonds. The number of carbonyl (C=O) groups excluding carboxylic acids is 1. The Hall–Kier alpha value is -1.68. The molecule has 1 saturated heterocycles. The molecular weight excluding hydrogens is 281 g/mol. The summed E-state index contributed by atoms with van der Waals surface area (Å²) in [6.45, 7) is 5.77. The van der Waals surface area contributed by atoms with Gasteiger partial charge in [0.05, 0.1) is 12.7 Å². The Morgan fingerprint density at radius 2 is 2.00 bits per heavy atom. The van der Waals surface area contributed by atoms with Gasteiger partial charge in [0.25, 0.3) is 0 Å². The summed E-state index contributed by atoms with van der Waals surface area (Å²) in [5.74, 6) is 0.365. The van der Waals surface area contributed by atoms with E-state index in [-0.39, 0.29) is 29.7 Å².